The van der Waals surface area contributed by atoms with Crippen LogP contribution < -0.4 is 15.5 Å². The minimum absolute atomic E-state index is 0. The van der Waals surface area contributed by atoms with Crippen LogP contribution in [0.25, 0.3) is 0 Å². The maximum Gasteiger partial charge on any atom is 0.191 e. The van der Waals surface area contributed by atoms with E-state index in [1.54, 1.807) is 12.3 Å². The molecule has 0 spiro atoms. The molecular formula is C20H34FIN6. The van der Waals surface area contributed by atoms with Crippen LogP contribution in [-0.2, 0) is 0 Å². The standard InChI is InChI=1S/C20H33FN6.HI/c1-3-22-20(24-10-14-26-11-6-16(2)7-12-26)25-17-8-13-27(15-17)19-18(21)5-4-9-23-19;/h4-5,9,16-17H,3,6-8,10-15H2,1-2H3,(H2,22,24,25);1H. The molecule has 2 fully saturated rings. The first kappa shape index (κ1) is 23.1. The van der Waals surface area contributed by atoms with E-state index in [0.29, 0.717) is 5.82 Å². The van der Waals surface area contributed by atoms with E-state index in [4.69, 9.17) is 4.99 Å². The van der Waals surface area contributed by atoms with Crippen molar-refractivity contribution in [3.8, 4) is 0 Å². The third-order valence-corrected chi connectivity index (χ3v) is 5.47. The number of pyridine rings is 1. The maximum atomic E-state index is 14.0. The van der Waals surface area contributed by atoms with E-state index in [9.17, 15) is 4.39 Å². The molecule has 28 heavy (non-hydrogen) atoms. The van der Waals surface area contributed by atoms with Gasteiger partial charge in [-0.05, 0) is 57.3 Å². The van der Waals surface area contributed by atoms with Gasteiger partial charge in [0.2, 0.25) is 0 Å². The second-order valence-corrected chi connectivity index (χ2v) is 7.67. The Morgan fingerprint density at radius 1 is 1.29 bits per heavy atom. The average molecular weight is 504 g/mol. The molecule has 2 aliphatic rings. The highest BCUT2D eigenvalue weighted by molar-refractivity contribution is 14.0. The van der Waals surface area contributed by atoms with Crippen molar-refractivity contribution in [1.29, 1.82) is 0 Å². The van der Waals surface area contributed by atoms with Gasteiger partial charge in [0.1, 0.15) is 0 Å². The quantitative estimate of drug-likeness (QED) is 0.355. The van der Waals surface area contributed by atoms with Gasteiger partial charge < -0.3 is 20.4 Å². The Balaban J connectivity index is 0.00000280. The SMILES string of the molecule is CCNC(=NCCN1CCC(C)CC1)NC1CCN(c2ncccc2F)C1.I. The summed E-state index contributed by atoms with van der Waals surface area (Å²) < 4.78 is 14.0. The zero-order valence-electron chi connectivity index (χ0n) is 17.0. The molecule has 0 aromatic carbocycles. The fraction of sp³-hybridized carbons (Fsp3) is 0.700. The smallest absolute Gasteiger partial charge is 0.191 e. The van der Waals surface area contributed by atoms with Crippen LogP contribution in [0.2, 0.25) is 0 Å². The van der Waals surface area contributed by atoms with Crippen molar-refractivity contribution in [2.75, 3.05) is 50.7 Å². The lowest BCUT2D eigenvalue weighted by Gasteiger charge is -2.29. The fourth-order valence-corrected chi connectivity index (χ4v) is 3.78. The Morgan fingerprint density at radius 3 is 2.79 bits per heavy atom. The summed E-state index contributed by atoms with van der Waals surface area (Å²) in [6.45, 7) is 11.0. The highest BCUT2D eigenvalue weighted by atomic mass is 127. The lowest BCUT2D eigenvalue weighted by atomic mass is 9.99. The van der Waals surface area contributed by atoms with E-state index < -0.39 is 0 Å². The minimum atomic E-state index is -0.255. The molecule has 1 aromatic rings. The predicted octanol–water partition coefficient (Wildman–Crippen LogP) is 2.70. The topological polar surface area (TPSA) is 55.8 Å². The van der Waals surface area contributed by atoms with Crippen molar-refractivity contribution >= 4 is 35.8 Å². The Bertz CT molecular complexity index is 620. The number of aliphatic imine (C=N–C) groups is 1. The lowest BCUT2D eigenvalue weighted by Crippen LogP contribution is -2.45. The predicted molar refractivity (Wildman–Crippen MR) is 124 cm³/mol. The van der Waals surface area contributed by atoms with Crippen molar-refractivity contribution in [2.45, 2.75) is 39.2 Å². The second-order valence-electron chi connectivity index (χ2n) is 7.67. The lowest BCUT2D eigenvalue weighted by molar-refractivity contribution is 0.197. The molecule has 6 nitrogen and oxygen atoms in total. The number of hydrogen-bond acceptors (Lipinski definition) is 4. The third kappa shape index (κ3) is 6.72. The monoisotopic (exact) mass is 504 g/mol. The van der Waals surface area contributed by atoms with Crippen LogP contribution in [0.3, 0.4) is 0 Å². The summed E-state index contributed by atoms with van der Waals surface area (Å²) in [6, 6.07) is 3.35. The van der Waals surface area contributed by atoms with Crippen molar-refractivity contribution in [3.63, 3.8) is 0 Å². The van der Waals surface area contributed by atoms with Crippen LogP contribution in [0.1, 0.15) is 33.1 Å². The normalized spacial score (nSPS) is 21.5. The number of aromatic nitrogens is 1. The van der Waals surface area contributed by atoms with Crippen molar-refractivity contribution < 1.29 is 4.39 Å². The minimum Gasteiger partial charge on any atom is -0.357 e. The summed E-state index contributed by atoms with van der Waals surface area (Å²) in [5, 5.41) is 6.84. The molecule has 3 heterocycles. The molecular weight excluding hydrogens is 470 g/mol. The molecule has 3 rings (SSSR count). The number of guanidine groups is 1. The molecule has 8 heteroatoms. The number of rotatable bonds is 6. The van der Waals surface area contributed by atoms with Crippen LogP contribution in [0.5, 0.6) is 0 Å². The van der Waals surface area contributed by atoms with Crippen LogP contribution >= 0.6 is 24.0 Å². The number of hydrogen-bond donors (Lipinski definition) is 2. The molecule has 0 saturated carbocycles. The molecule has 0 amide bonds. The van der Waals surface area contributed by atoms with Gasteiger partial charge in [-0.1, -0.05) is 6.92 Å². The van der Waals surface area contributed by atoms with Crippen LogP contribution in [0.4, 0.5) is 10.2 Å². The third-order valence-electron chi connectivity index (χ3n) is 5.47. The Morgan fingerprint density at radius 2 is 2.07 bits per heavy atom. The average Bonchev–Trinajstić information content (AvgIpc) is 3.12. The number of nitrogens with one attached hydrogen (secondary N) is 2. The van der Waals surface area contributed by atoms with Crippen LogP contribution in [-0.4, -0.2) is 67.7 Å². The molecule has 1 aromatic heterocycles. The summed E-state index contributed by atoms with van der Waals surface area (Å²) in [5.74, 6) is 1.91. The van der Waals surface area contributed by atoms with Gasteiger partial charge in [-0.2, -0.15) is 0 Å². The Labute approximate surface area is 185 Å². The zero-order chi connectivity index (χ0) is 19.1. The molecule has 2 saturated heterocycles. The number of anilines is 1. The van der Waals surface area contributed by atoms with Crippen molar-refractivity contribution in [3.05, 3.63) is 24.1 Å². The largest absolute Gasteiger partial charge is 0.357 e. The van der Waals surface area contributed by atoms with E-state index in [-0.39, 0.29) is 35.8 Å². The van der Waals surface area contributed by atoms with Gasteiger partial charge in [-0.15, -0.1) is 24.0 Å². The van der Waals surface area contributed by atoms with Crippen LogP contribution in [0, 0.1) is 11.7 Å². The highest BCUT2D eigenvalue weighted by Crippen LogP contribution is 2.20. The van der Waals surface area contributed by atoms with Gasteiger partial charge >= 0.3 is 0 Å². The highest BCUT2D eigenvalue weighted by Gasteiger charge is 2.26. The van der Waals surface area contributed by atoms with Gasteiger partial charge in [-0.3, -0.25) is 4.99 Å². The summed E-state index contributed by atoms with van der Waals surface area (Å²) >= 11 is 0. The molecule has 1 atom stereocenters. The van der Waals surface area contributed by atoms with E-state index in [1.165, 1.54) is 32.0 Å². The first-order valence-corrected chi connectivity index (χ1v) is 10.3. The fourth-order valence-electron chi connectivity index (χ4n) is 3.78. The molecule has 0 bridgehead atoms. The Hall–Kier alpha value is -1.16. The first-order valence-electron chi connectivity index (χ1n) is 10.3. The number of piperidine rings is 1. The number of halogens is 2. The van der Waals surface area contributed by atoms with Crippen molar-refractivity contribution in [1.82, 2.24) is 20.5 Å². The van der Waals surface area contributed by atoms with Crippen LogP contribution in [0.15, 0.2) is 23.3 Å². The molecule has 0 radical (unpaired) electrons. The first-order chi connectivity index (χ1) is 13.2. The Kier molecular flexibility index (Phi) is 9.70. The molecule has 1 unspecified atom stereocenters. The van der Waals surface area contributed by atoms with E-state index in [0.717, 1.165) is 51.0 Å². The van der Waals surface area contributed by atoms with E-state index in [1.807, 2.05) is 4.90 Å². The van der Waals surface area contributed by atoms with Crippen molar-refractivity contribution in [2.24, 2.45) is 10.9 Å². The summed E-state index contributed by atoms with van der Waals surface area (Å²) in [7, 11) is 0. The number of likely N-dealkylation sites (tertiary alicyclic amines) is 1. The van der Waals surface area contributed by atoms with Gasteiger partial charge in [0.25, 0.3) is 0 Å². The maximum absolute atomic E-state index is 14.0. The zero-order valence-corrected chi connectivity index (χ0v) is 19.4. The summed E-state index contributed by atoms with van der Waals surface area (Å²) in [6.07, 6.45) is 5.19. The van der Waals surface area contributed by atoms with E-state index in [2.05, 4.69) is 34.4 Å². The molecule has 158 valence electrons. The van der Waals surface area contributed by atoms with E-state index >= 15 is 0 Å². The summed E-state index contributed by atoms with van der Waals surface area (Å²) in [4.78, 5) is 13.5. The molecule has 0 aliphatic carbocycles. The van der Waals surface area contributed by atoms with Gasteiger partial charge in [0.05, 0.1) is 6.54 Å². The number of nitrogens with zero attached hydrogens (tertiary/aromatic N) is 4. The second kappa shape index (κ2) is 11.7. The summed E-state index contributed by atoms with van der Waals surface area (Å²) in [5.41, 5.74) is 0. The van der Waals surface area contributed by atoms with Gasteiger partial charge in [0, 0.05) is 38.4 Å². The van der Waals surface area contributed by atoms with Gasteiger partial charge in [0.15, 0.2) is 17.6 Å². The molecule has 2 aliphatic heterocycles. The molecule has 2 N–H and O–H groups in total. The van der Waals surface area contributed by atoms with Gasteiger partial charge in [-0.25, -0.2) is 9.37 Å².